The van der Waals surface area contributed by atoms with Crippen LogP contribution in [0.25, 0.3) is 0 Å². The van der Waals surface area contributed by atoms with E-state index in [2.05, 4.69) is 29.5 Å². The monoisotopic (exact) mass is 350 g/mol. The second-order valence-corrected chi connectivity index (χ2v) is 6.26. The van der Waals surface area contributed by atoms with Gasteiger partial charge in [-0.25, -0.2) is 4.99 Å². The number of likely N-dealkylation sites (N-methyl/N-ethyl adjacent to an activating group) is 1. The van der Waals surface area contributed by atoms with Crippen LogP contribution in [0.5, 0.6) is 11.5 Å². The molecule has 0 heterocycles. The molecule has 0 aliphatic heterocycles. The minimum Gasteiger partial charge on any atom is -0.497 e. The highest BCUT2D eigenvalue weighted by Gasteiger charge is 2.08. The van der Waals surface area contributed by atoms with Gasteiger partial charge in [0, 0.05) is 32.3 Å². The number of hydrogen-bond acceptors (Lipinski definition) is 4. The normalized spacial score (nSPS) is 11.2. The van der Waals surface area contributed by atoms with Crippen LogP contribution in [0, 0.1) is 5.92 Å². The maximum absolute atomic E-state index is 11.8. The first-order valence-electron chi connectivity index (χ1n) is 8.30. The number of guanidine groups is 1. The van der Waals surface area contributed by atoms with Crippen LogP contribution in [-0.2, 0) is 11.3 Å². The molecule has 0 aliphatic carbocycles. The van der Waals surface area contributed by atoms with E-state index < -0.39 is 0 Å². The number of amides is 1. The Morgan fingerprint density at radius 1 is 1.20 bits per heavy atom. The highest BCUT2D eigenvalue weighted by Crippen LogP contribution is 2.25. The Bertz CT molecular complexity index is 586. The Morgan fingerprint density at radius 3 is 2.48 bits per heavy atom. The number of aliphatic imine (C=N–C) groups is 1. The molecule has 140 valence electrons. The highest BCUT2D eigenvalue weighted by atomic mass is 16.5. The predicted octanol–water partition coefficient (Wildman–Crippen LogP) is 1.48. The first kappa shape index (κ1) is 20.6. The molecular weight excluding hydrogens is 320 g/mol. The standard InChI is InChI=1S/C18H30N4O3/c1-13(2)10-19-18(21-12-17(23)22(3)4)20-11-14-7-8-15(24-5)9-16(14)25-6/h7-9,13H,10-12H2,1-6H3,(H2,19,20,21). The summed E-state index contributed by atoms with van der Waals surface area (Å²) < 4.78 is 10.6. The summed E-state index contributed by atoms with van der Waals surface area (Å²) in [6, 6.07) is 5.62. The Morgan fingerprint density at radius 2 is 1.92 bits per heavy atom. The summed E-state index contributed by atoms with van der Waals surface area (Å²) in [5.74, 6) is 2.50. The maximum atomic E-state index is 11.8. The van der Waals surface area contributed by atoms with E-state index in [-0.39, 0.29) is 12.5 Å². The molecule has 0 aromatic heterocycles. The lowest BCUT2D eigenvalue weighted by Gasteiger charge is -2.16. The van der Waals surface area contributed by atoms with Gasteiger partial charge in [-0.1, -0.05) is 13.8 Å². The molecule has 0 bridgehead atoms. The number of rotatable bonds is 8. The van der Waals surface area contributed by atoms with E-state index in [0.717, 1.165) is 23.6 Å². The molecule has 0 unspecified atom stereocenters. The molecule has 0 saturated carbocycles. The lowest BCUT2D eigenvalue weighted by atomic mass is 10.2. The lowest BCUT2D eigenvalue weighted by molar-refractivity contribution is -0.127. The largest absolute Gasteiger partial charge is 0.497 e. The molecule has 0 spiro atoms. The van der Waals surface area contributed by atoms with E-state index in [1.165, 1.54) is 0 Å². The first-order valence-corrected chi connectivity index (χ1v) is 8.30. The quantitative estimate of drug-likeness (QED) is 0.549. The Balaban J connectivity index is 2.84. The first-order chi connectivity index (χ1) is 11.9. The van der Waals surface area contributed by atoms with Crippen LogP contribution >= 0.6 is 0 Å². The number of hydrogen-bond donors (Lipinski definition) is 2. The number of carbonyl (C=O) groups excluding carboxylic acids is 1. The van der Waals surface area contributed by atoms with Crippen molar-refractivity contribution in [2.24, 2.45) is 10.9 Å². The van der Waals surface area contributed by atoms with Crippen molar-refractivity contribution in [1.82, 2.24) is 15.5 Å². The van der Waals surface area contributed by atoms with Crippen molar-refractivity contribution in [2.75, 3.05) is 41.4 Å². The summed E-state index contributed by atoms with van der Waals surface area (Å²) in [7, 11) is 6.69. The smallest absolute Gasteiger partial charge is 0.241 e. The fourth-order valence-electron chi connectivity index (χ4n) is 1.94. The van der Waals surface area contributed by atoms with Gasteiger partial charge < -0.3 is 25.0 Å². The minimum absolute atomic E-state index is 0.0129. The lowest BCUT2D eigenvalue weighted by Crippen LogP contribution is -2.44. The average molecular weight is 350 g/mol. The molecule has 7 heteroatoms. The van der Waals surface area contributed by atoms with Crippen molar-refractivity contribution in [3.63, 3.8) is 0 Å². The van der Waals surface area contributed by atoms with Gasteiger partial charge >= 0.3 is 0 Å². The number of carbonyl (C=O) groups is 1. The van der Waals surface area contributed by atoms with Crippen LogP contribution < -0.4 is 20.1 Å². The SMILES string of the molecule is COc1ccc(CN=C(NCC(=O)N(C)C)NCC(C)C)c(OC)c1. The molecule has 0 aliphatic rings. The Kier molecular flexibility index (Phi) is 8.60. The molecule has 0 atom stereocenters. The predicted molar refractivity (Wildman–Crippen MR) is 100 cm³/mol. The van der Waals surface area contributed by atoms with Crippen molar-refractivity contribution in [3.8, 4) is 11.5 Å². The van der Waals surface area contributed by atoms with E-state index in [0.29, 0.717) is 18.4 Å². The summed E-state index contributed by atoms with van der Waals surface area (Å²) in [5.41, 5.74) is 0.938. The van der Waals surface area contributed by atoms with Crippen molar-refractivity contribution in [2.45, 2.75) is 20.4 Å². The summed E-state index contributed by atoms with van der Waals surface area (Å²) in [6.45, 7) is 5.61. The number of ether oxygens (including phenoxy) is 2. The van der Waals surface area contributed by atoms with Gasteiger partial charge in [0.1, 0.15) is 11.5 Å². The summed E-state index contributed by atoms with van der Waals surface area (Å²) >= 11 is 0. The van der Waals surface area contributed by atoms with Gasteiger partial charge in [0.05, 0.1) is 27.3 Å². The molecule has 1 aromatic rings. The van der Waals surface area contributed by atoms with Crippen molar-refractivity contribution in [1.29, 1.82) is 0 Å². The van der Waals surface area contributed by atoms with Crippen LogP contribution in [0.1, 0.15) is 19.4 Å². The zero-order valence-corrected chi connectivity index (χ0v) is 16.0. The third-order valence-electron chi connectivity index (χ3n) is 3.49. The van der Waals surface area contributed by atoms with Gasteiger partial charge in [-0.2, -0.15) is 0 Å². The molecule has 25 heavy (non-hydrogen) atoms. The van der Waals surface area contributed by atoms with Crippen molar-refractivity contribution < 1.29 is 14.3 Å². The second-order valence-electron chi connectivity index (χ2n) is 6.26. The van der Waals surface area contributed by atoms with Gasteiger partial charge in [0.15, 0.2) is 5.96 Å². The van der Waals surface area contributed by atoms with Crippen molar-refractivity contribution >= 4 is 11.9 Å². The zero-order chi connectivity index (χ0) is 18.8. The van der Waals surface area contributed by atoms with E-state index in [4.69, 9.17) is 9.47 Å². The van der Waals surface area contributed by atoms with E-state index in [9.17, 15) is 4.79 Å². The molecule has 1 aromatic carbocycles. The van der Waals surface area contributed by atoms with Gasteiger partial charge in [-0.15, -0.1) is 0 Å². The fourth-order valence-corrected chi connectivity index (χ4v) is 1.94. The highest BCUT2D eigenvalue weighted by molar-refractivity contribution is 5.86. The topological polar surface area (TPSA) is 75.2 Å². The van der Waals surface area contributed by atoms with Gasteiger partial charge in [0.25, 0.3) is 0 Å². The van der Waals surface area contributed by atoms with Crippen molar-refractivity contribution in [3.05, 3.63) is 23.8 Å². The minimum atomic E-state index is -0.0129. The molecule has 1 rings (SSSR count). The fraction of sp³-hybridized carbons (Fsp3) is 0.556. The molecule has 0 fully saturated rings. The van der Waals surface area contributed by atoms with Gasteiger partial charge in [0.2, 0.25) is 5.91 Å². The van der Waals surface area contributed by atoms with E-state index in [1.807, 2.05) is 18.2 Å². The van der Waals surface area contributed by atoms with Crippen LogP contribution in [0.3, 0.4) is 0 Å². The third kappa shape index (κ3) is 7.32. The molecule has 1 amide bonds. The number of nitrogens with zero attached hydrogens (tertiary/aromatic N) is 2. The molecular formula is C18H30N4O3. The molecule has 2 N–H and O–H groups in total. The summed E-state index contributed by atoms with van der Waals surface area (Å²) in [4.78, 5) is 17.9. The Labute approximate surface area is 150 Å². The molecule has 0 saturated heterocycles. The summed E-state index contributed by atoms with van der Waals surface area (Å²) in [5, 5.41) is 6.32. The third-order valence-corrected chi connectivity index (χ3v) is 3.49. The number of nitrogens with one attached hydrogen (secondary N) is 2. The van der Waals surface area contributed by atoms with Gasteiger partial charge in [-0.3, -0.25) is 4.79 Å². The second kappa shape index (κ2) is 10.4. The molecule has 7 nitrogen and oxygen atoms in total. The summed E-state index contributed by atoms with van der Waals surface area (Å²) in [6.07, 6.45) is 0. The van der Waals surface area contributed by atoms with Crippen LogP contribution in [0.2, 0.25) is 0 Å². The number of benzene rings is 1. The maximum Gasteiger partial charge on any atom is 0.241 e. The van der Waals surface area contributed by atoms with Gasteiger partial charge in [-0.05, 0) is 18.1 Å². The average Bonchev–Trinajstić information content (AvgIpc) is 2.60. The Hall–Kier alpha value is -2.44. The molecule has 0 radical (unpaired) electrons. The van der Waals surface area contributed by atoms with E-state index in [1.54, 1.807) is 33.2 Å². The number of methoxy groups -OCH3 is 2. The van der Waals surface area contributed by atoms with Crippen LogP contribution in [0.4, 0.5) is 0 Å². The van der Waals surface area contributed by atoms with Crippen LogP contribution in [-0.4, -0.2) is 58.2 Å². The van der Waals surface area contributed by atoms with Crippen LogP contribution in [0.15, 0.2) is 23.2 Å². The van der Waals surface area contributed by atoms with E-state index >= 15 is 0 Å². The zero-order valence-electron chi connectivity index (χ0n) is 16.0.